The van der Waals surface area contributed by atoms with Crippen LogP contribution >= 0.6 is 11.3 Å². The molecule has 2 heterocycles. The third kappa shape index (κ3) is 5.28. The first kappa shape index (κ1) is 17.9. The van der Waals surface area contributed by atoms with Crippen molar-refractivity contribution < 1.29 is 9.59 Å². The molecule has 7 heteroatoms. The van der Waals surface area contributed by atoms with Gasteiger partial charge < -0.3 is 16.0 Å². The van der Waals surface area contributed by atoms with E-state index >= 15 is 0 Å². The Balaban J connectivity index is 1.89. The van der Waals surface area contributed by atoms with Crippen LogP contribution in [0.25, 0.3) is 0 Å². The predicted molar refractivity (Wildman–Crippen MR) is 90.9 cm³/mol. The van der Waals surface area contributed by atoms with Crippen molar-refractivity contribution in [3.63, 3.8) is 0 Å². The van der Waals surface area contributed by atoms with E-state index in [1.54, 1.807) is 16.2 Å². The number of carbonyl (C=O) groups excluding carboxylic acids is 2. The number of nitrogens with one attached hydrogen (secondary N) is 1. The molecule has 2 rings (SSSR count). The van der Waals surface area contributed by atoms with Gasteiger partial charge in [-0.05, 0) is 25.7 Å². The standard InChI is InChI=1S/C16H26N4O2S/c1-3-4-15-19-14(10-23-15)7-18-16(22)12-5-6-13(17)9-20(8-12)11(2)21/h10,12-13H,3-9,17H2,1-2H3,(H,18,22)/t12-,13+/m1/s1. The Morgan fingerprint density at radius 2 is 2.22 bits per heavy atom. The molecule has 0 radical (unpaired) electrons. The molecule has 1 saturated heterocycles. The summed E-state index contributed by atoms with van der Waals surface area (Å²) in [6.07, 6.45) is 3.53. The molecule has 1 aliphatic rings. The molecule has 2 amide bonds. The number of nitrogens with two attached hydrogens (primary N) is 1. The van der Waals surface area contributed by atoms with Crippen LogP contribution in [0.2, 0.25) is 0 Å². The number of thiazole rings is 1. The van der Waals surface area contributed by atoms with Gasteiger partial charge in [0.2, 0.25) is 11.8 Å². The molecule has 0 bridgehead atoms. The van der Waals surface area contributed by atoms with E-state index in [-0.39, 0.29) is 23.8 Å². The number of carbonyl (C=O) groups is 2. The van der Waals surface area contributed by atoms with E-state index in [1.807, 2.05) is 5.38 Å². The summed E-state index contributed by atoms with van der Waals surface area (Å²) in [6.45, 7) is 5.08. The van der Waals surface area contributed by atoms with E-state index in [0.29, 0.717) is 19.6 Å². The Hall–Kier alpha value is -1.47. The first-order valence-corrected chi connectivity index (χ1v) is 9.09. The van der Waals surface area contributed by atoms with Crippen molar-refractivity contribution in [1.82, 2.24) is 15.2 Å². The molecule has 2 atom stereocenters. The number of aromatic nitrogens is 1. The summed E-state index contributed by atoms with van der Waals surface area (Å²) in [5, 5.41) is 6.06. The quantitative estimate of drug-likeness (QED) is 0.847. The number of aryl methyl sites for hydroxylation is 1. The molecule has 128 valence electrons. The van der Waals surface area contributed by atoms with Crippen molar-refractivity contribution in [1.29, 1.82) is 0 Å². The normalized spacial score (nSPS) is 21.8. The molecule has 3 N–H and O–H groups in total. The second-order valence-corrected chi connectivity index (χ2v) is 7.10. The van der Waals surface area contributed by atoms with Crippen molar-refractivity contribution in [2.75, 3.05) is 13.1 Å². The van der Waals surface area contributed by atoms with Gasteiger partial charge in [0.1, 0.15) is 0 Å². The van der Waals surface area contributed by atoms with Gasteiger partial charge in [-0.15, -0.1) is 11.3 Å². The lowest BCUT2D eigenvalue weighted by atomic mass is 10.0. The van der Waals surface area contributed by atoms with E-state index in [0.717, 1.165) is 36.4 Å². The van der Waals surface area contributed by atoms with Gasteiger partial charge in [-0.3, -0.25) is 9.59 Å². The maximum Gasteiger partial charge on any atom is 0.225 e. The van der Waals surface area contributed by atoms with Gasteiger partial charge in [0.05, 0.1) is 23.2 Å². The number of likely N-dealkylation sites (tertiary alicyclic amines) is 1. The Kier molecular flexibility index (Phi) is 6.53. The van der Waals surface area contributed by atoms with Gasteiger partial charge >= 0.3 is 0 Å². The molecule has 0 saturated carbocycles. The Labute approximate surface area is 141 Å². The van der Waals surface area contributed by atoms with Crippen molar-refractivity contribution >= 4 is 23.2 Å². The molecule has 0 aliphatic carbocycles. The monoisotopic (exact) mass is 338 g/mol. The van der Waals surface area contributed by atoms with Gasteiger partial charge in [-0.25, -0.2) is 4.98 Å². The second-order valence-electron chi connectivity index (χ2n) is 6.16. The van der Waals surface area contributed by atoms with Crippen LogP contribution in [-0.4, -0.2) is 40.8 Å². The van der Waals surface area contributed by atoms with Crippen LogP contribution in [0.1, 0.15) is 43.8 Å². The minimum absolute atomic E-state index is 0.0182. The summed E-state index contributed by atoms with van der Waals surface area (Å²) < 4.78 is 0. The van der Waals surface area contributed by atoms with Crippen molar-refractivity contribution in [3.05, 3.63) is 16.1 Å². The number of hydrogen-bond donors (Lipinski definition) is 2. The van der Waals surface area contributed by atoms with E-state index in [2.05, 4.69) is 17.2 Å². The van der Waals surface area contributed by atoms with Crippen molar-refractivity contribution in [2.24, 2.45) is 11.7 Å². The average Bonchev–Trinajstić information content (AvgIpc) is 2.85. The number of hydrogen-bond acceptors (Lipinski definition) is 5. The first-order valence-electron chi connectivity index (χ1n) is 8.21. The minimum atomic E-state index is -0.193. The third-order valence-electron chi connectivity index (χ3n) is 4.10. The number of amides is 2. The van der Waals surface area contributed by atoms with Crippen LogP contribution in [0.4, 0.5) is 0 Å². The second kappa shape index (κ2) is 8.40. The number of rotatable bonds is 5. The minimum Gasteiger partial charge on any atom is -0.350 e. The van der Waals surface area contributed by atoms with Crippen molar-refractivity contribution in [2.45, 2.75) is 52.1 Å². The Morgan fingerprint density at radius 1 is 1.43 bits per heavy atom. The fourth-order valence-electron chi connectivity index (χ4n) is 2.77. The maximum absolute atomic E-state index is 12.4. The molecule has 0 unspecified atom stereocenters. The lowest BCUT2D eigenvalue weighted by Gasteiger charge is -2.23. The van der Waals surface area contributed by atoms with Crippen LogP contribution in [0.15, 0.2) is 5.38 Å². The molecule has 1 aromatic heterocycles. The van der Waals surface area contributed by atoms with Crippen molar-refractivity contribution in [3.8, 4) is 0 Å². The maximum atomic E-state index is 12.4. The lowest BCUT2D eigenvalue weighted by Crippen LogP contribution is -2.42. The van der Waals surface area contributed by atoms with Crippen LogP contribution in [0.3, 0.4) is 0 Å². The van der Waals surface area contributed by atoms with E-state index < -0.39 is 0 Å². The zero-order valence-electron chi connectivity index (χ0n) is 13.9. The van der Waals surface area contributed by atoms with Crippen LogP contribution < -0.4 is 11.1 Å². The summed E-state index contributed by atoms with van der Waals surface area (Å²) in [6, 6.07) is -0.0492. The lowest BCUT2D eigenvalue weighted by molar-refractivity contribution is -0.131. The zero-order chi connectivity index (χ0) is 16.8. The molecule has 23 heavy (non-hydrogen) atoms. The highest BCUT2D eigenvalue weighted by Gasteiger charge is 2.28. The highest BCUT2D eigenvalue weighted by Crippen LogP contribution is 2.17. The first-order chi connectivity index (χ1) is 11.0. The van der Waals surface area contributed by atoms with Crippen LogP contribution in [0.5, 0.6) is 0 Å². The molecule has 1 aliphatic heterocycles. The van der Waals surface area contributed by atoms with Gasteiger partial charge in [0.15, 0.2) is 0 Å². The van der Waals surface area contributed by atoms with E-state index in [9.17, 15) is 9.59 Å². The summed E-state index contributed by atoms with van der Waals surface area (Å²) >= 11 is 1.64. The summed E-state index contributed by atoms with van der Waals surface area (Å²) in [5.41, 5.74) is 6.89. The number of nitrogens with zero attached hydrogens (tertiary/aromatic N) is 2. The molecule has 6 nitrogen and oxygen atoms in total. The van der Waals surface area contributed by atoms with Gasteiger partial charge in [-0.1, -0.05) is 6.92 Å². The highest BCUT2D eigenvalue weighted by molar-refractivity contribution is 7.09. The molecule has 1 fully saturated rings. The fourth-order valence-corrected chi connectivity index (χ4v) is 3.67. The van der Waals surface area contributed by atoms with Crippen LogP contribution in [-0.2, 0) is 22.6 Å². The van der Waals surface area contributed by atoms with Crippen LogP contribution in [0, 0.1) is 5.92 Å². The average molecular weight is 338 g/mol. The Morgan fingerprint density at radius 3 is 2.91 bits per heavy atom. The highest BCUT2D eigenvalue weighted by atomic mass is 32.1. The van der Waals surface area contributed by atoms with E-state index in [4.69, 9.17) is 5.73 Å². The molecular weight excluding hydrogens is 312 g/mol. The third-order valence-corrected chi connectivity index (χ3v) is 5.06. The molecule has 0 spiro atoms. The van der Waals surface area contributed by atoms with E-state index in [1.165, 1.54) is 6.92 Å². The van der Waals surface area contributed by atoms with Gasteiger partial charge in [-0.2, -0.15) is 0 Å². The summed E-state index contributed by atoms with van der Waals surface area (Å²) in [4.78, 5) is 30.3. The summed E-state index contributed by atoms with van der Waals surface area (Å²) in [7, 11) is 0. The molecular formula is C16H26N4O2S. The smallest absolute Gasteiger partial charge is 0.225 e. The predicted octanol–water partition coefficient (Wildman–Crippen LogP) is 1.30. The SMILES string of the molecule is CCCc1nc(CNC(=O)[C@@H]2CC[C@H](N)CN(C(C)=O)C2)cs1. The Bertz CT molecular complexity index is 546. The topological polar surface area (TPSA) is 88.3 Å². The van der Waals surface area contributed by atoms with Gasteiger partial charge in [0, 0.05) is 31.4 Å². The largest absolute Gasteiger partial charge is 0.350 e. The molecule has 0 aromatic carbocycles. The summed E-state index contributed by atoms with van der Waals surface area (Å²) in [5.74, 6) is -0.236. The van der Waals surface area contributed by atoms with Gasteiger partial charge in [0.25, 0.3) is 0 Å². The fraction of sp³-hybridized carbons (Fsp3) is 0.688. The molecule has 1 aromatic rings. The zero-order valence-corrected chi connectivity index (χ0v) is 14.7.